The molecule has 2 aliphatic rings. The van der Waals surface area contributed by atoms with E-state index in [4.69, 9.17) is 4.74 Å². The van der Waals surface area contributed by atoms with E-state index in [-0.39, 0.29) is 28.7 Å². The van der Waals surface area contributed by atoms with Crippen molar-refractivity contribution in [2.75, 3.05) is 29.4 Å². The smallest absolute Gasteiger partial charge is 0.308 e. The topological polar surface area (TPSA) is 87.2 Å². The van der Waals surface area contributed by atoms with Gasteiger partial charge in [0.15, 0.2) is 0 Å². The first-order chi connectivity index (χ1) is 17.6. The number of carbonyl (C=O) groups excluding carboxylic acids is 1. The van der Waals surface area contributed by atoms with Gasteiger partial charge in [0.1, 0.15) is 0 Å². The first-order valence-corrected chi connectivity index (χ1v) is 14.9. The molecule has 0 amide bonds. The Morgan fingerprint density at radius 3 is 2.35 bits per heavy atom. The molecule has 1 unspecified atom stereocenters. The van der Waals surface area contributed by atoms with Gasteiger partial charge in [0.05, 0.1) is 29.7 Å². The number of hydrogen-bond acceptors (Lipinski definition) is 6. The van der Waals surface area contributed by atoms with Crippen molar-refractivity contribution in [1.29, 1.82) is 0 Å². The molecule has 1 aliphatic carbocycles. The summed E-state index contributed by atoms with van der Waals surface area (Å²) >= 11 is 0. The number of esters is 1. The Morgan fingerprint density at radius 2 is 1.76 bits per heavy atom. The molecule has 0 spiro atoms. The molecule has 1 aliphatic heterocycles. The lowest BCUT2D eigenvalue weighted by Crippen LogP contribution is -2.43. The van der Waals surface area contributed by atoms with Crippen LogP contribution in [0.5, 0.6) is 0 Å². The van der Waals surface area contributed by atoms with Crippen LogP contribution in [0.25, 0.3) is 0 Å². The minimum Gasteiger partial charge on any atom is -0.469 e. The summed E-state index contributed by atoms with van der Waals surface area (Å²) < 4.78 is 34.2. The summed E-state index contributed by atoms with van der Waals surface area (Å²) in [6.07, 6.45) is 4.01. The number of aryl methyl sites for hydroxylation is 1. The van der Waals surface area contributed by atoms with Gasteiger partial charge < -0.3 is 14.7 Å². The maximum Gasteiger partial charge on any atom is 0.308 e. The van der Waals surface area contributed by atoms with Crippen LogP contribution in [-0.2, 0) is 26.0 Å². The molecule has 1 fully saturated rings. The van der Waals surface area contributed by atoms with Crippen LogP contribution in [0.15, 0.2) is 47.4 Å². The molecule has 1 saturated carbocycles. The Bertz CT molecular complexity index is 1190. The van der Waals surface area contributed by atoms with E-state index in [9.17, 15) is 18.3 Å². The molecule has 0 aromatic heterocycles. The van der Waals surface area contributed by atoms with Crippen molar-refractivity contribution in [3.8, 4) is 0 Å². The molecule has 1 N–H and O–H groups in total. The molecule has 0 radical (unpaired) electrons. The molecule has 202 valence electrons. The highest BCUT2D eigenvalue weighted by Crippen LogP contribution is 2.40. The summed E-state index contributed by atoms with van der Waals surface area (Å²) in [6, 6.07) is 13.1. The molecule has 2 aromatic carbocycles. The Kier molecular flexibility index (Phi) is 8.49. The number of sulfonamides is 1. The number of carbonyl (C=O) groups is 1. The van der Waals surface area contributed by atoms with E-state index in [2.05, 4.69) is 11.8 Å². The minimum absolute atomic E-state index is 0.0537. The third-order valence-electron chi connectivity index (χ3n) is 7.73. The Balaban J connectivity index is 1.63. The number of methoxy groups -OCH3 is 1. The molecule has 2 aromatic rings. The number of anilines is 2. The van der Waals surface area contributed by atoms with Crippen LogP contribution < -0.4 is 9.21 Å². The van der Waals surface area contributed by atoms with Crippen LogP contribution in [0.2, 0.25) is 0 Å². The van der Waals surface area contributed by atoms with Crippen LogP contribution in [0.1, 0.15) is 70.1 Å². The highest BCUT2D eigenvalue weighted by Gasteiger charge is 2.35. The van der Waals surface area contributed by atoms with E-state index in [1.807, 2.05) is 44.2 Å². The van der Waals surface area contributed by atoms with Gasteiger partial charge in [0.25, 0.3) is 10.0 Å². The third-order valence-corrected chi connectivity index (χ3v) is 9.52. The average Bonchev–Trinajstić information content (AvgIpc) is 2.91. The van der Waals surface area contributed by atoms with Gasteiger partial charge >= 0.3 is 5.97 Å². The maximum absolute atomic E-state index is 13.9. The standard InChI is InChI=1S/C29H40N2O5S/c1-5-21-6-10-24(11-7-21)31(19-20(2)3)37(34,35)25-14-15-27-26(18-25)28(32)16-17-30(27)23-12-8-22(9-13-23)29(33)36-4/h6-7,10-11,14-15,18,20,22-23,28,32H,5,8-9,12-13,16-17,19H2,1-4H3/t22-,23+,28?. The molecule has 37 heavy (non-hydrogen) atoms. The third kappa shape index (κ3) is 5.80. The lowest BCUT2D eigenvalue weighted by molar-refractivity contribution is -0.146. The van der Waals surface area contributed by atoms with Crippen molar-refractivity contribution in [2.45, 2.75) is 76.3 Å². The fourth-order valence-electron chi connectivity index (χ4n) is 5.63. The summed E-state index contributed by atoms with van der Waals surface area (Å²) in [5.74, 6) is -0.0561. The van der Waals surface area contributed by atoms with Gasteiger partial charge in [-0.2, -0.15) is 0 Å². The van der Waals surface area contributed by atoms with Crippen molar-refractivity contribution >= 4 is 27.4 Å². The number of hydrogen-bond donors (Lipinski definition) is 1. The monoisotopic (exact) mass is 528 g/mol. The fraction of sp³-hybridized carbons (Fsp3) is 0.552. The number of aliphatic hydroxyl groups excluding tert-OH is 1. The lowest BCUT2D eigenvalue weighted by Gasteiger charge is -2.42. The first-order valence-electron chi connectivity index (χ1n) is 13.4. The molecule has 0 bridgehead atoms. The number of aliphatic hydroxyl groups is 1. The predicted octanol–water partition coefficient (Wildman–Crippen LogP) is 5.08. The van der Waals surface area contributed by atoms with Gasteiger partial charge in [-0.15, -0.1) is 0 Å². The number of benzene rings is 2. The normalized spacial score (nSPS) is 22.0. The van der Waals surface area contributed by atoms with Crippen LogP contribution in [-0.4, -0.2) is 45.7 Å². The molecular weight excluding hydrogens is 488 g/mol. The SMILES string of the molecule is CCc1ccc(N(CC(C)C)S(=O)(=O)c2ccc3c(c2)C(O)CCN3[C@H]2CC[C@@H](C(=O)OC)CC2)cc1. The van der Waals surface area contributed by atoms with E-state index in [1.165, 1.54) is 11.4 Å². The van der Waals surface area contributed by atoms with Gasteiger partial charge in [-0.05, 0) is 80.3 Å². The number of ether oxygens (including phenoxy) is 1. The Labute approximate surface area is 221 Å². The molecule has 1 heterocycles. The van der Waals surface area contributed by atoms with E-state index in [1.54, 1.807) is 12.1 Å². The summed E-state index contributed by atoms with van der Waals surface area (Å²) in [4.78, 5) is 14.4. The van der Waals surface area contributed by atoms with Crippen molar-refractivity contribution in [2.24, 2.45) is 11.8 Å². The van der Waals surface area contributed by atoms with E-state index < -0.39 is 16.1 Å². The Hall–Kier alpha value is -2.58. The second-order valence-corrected chi connectivity index (χ2v) is 12.6. The van der Waals surface area contributed by atoms with Crippen LogP contribution in [0.4, 0.5) is 11.4 Å². The molecule has 7 nitrogen and oxygen atoms in total. The second-order valence-electron chi connectivity index (χ2n) is 10.7. The van der Waals surface area contributed by atoms with Gasteiger partial charge in [0, 0.05) is 30.4 Å². The zero-order valence-electron chi connectivity index (χ0n) is 22.4. The van der Waals surface area contributed by atoms with E-state index >= 15 is 0 Å². The van der Waals surface area contributed by atoms with Gasteiger partial charge in [-0.3, -0.25) is 9.10 Å². The zero-order chi connectivity index (χ0) is 26.7. The quantitative estimate of drug-likeness (QED) is 0.481. The lowest BCUT2D eigenvalue weighted by atomic mass is 9.84. The van der Waals surface area contributed by atoms with E-state index in [0.29, 0.717) is 30.8 Å². The van der Waals surface area contributed by atoms with Crippen molar-refractivity contribution in [3.05, 3.63) is 53.6 Å². The second kappa shape index (κ2) is 11.4. The first kappa shape index (κ1) is 27.5. The van der Waals surface area contributed by atoms with Gasteiger partial charge in [-0.1, -0.05) is 32.9 Å². The summed E-state index contributed by atoms with van der Waals surface area (Å²) in [6.45, 7) is 7.16. The van der Waals surface area contributed by atoms with E-state index in [0.717, 1.165) is 43.4 Å². The molecule has 4 rings (SSSR count). The van der Waals surface area contributed by atoms with Crippen LogP contribution >= 0.6 is 0 Å². The number of nitrogens with zero attached hydrogens (tertiary/aromatic N) is 2. The molecule has 1 atom stereocenters. The van der Waals surface area contributed by atoms with Crippen molar-refractivity contribution in [1.82, 2.24) is 0 Å². The zero-order valence-corrected chi connectivity index (χ0v) is 23.2. The summed E-state index contributed by atoms with van der Waals surface area (Å²) in [5, 5.41) is 10.9. The van der Waals surface area contributed by atoms with Gasteiger partial charge in [0.2, 0.25) is 0 Å². The van der Waals surface area contributed by atoms with Crippen molar-refractivity contribution < 1.29 is 23.1 Å². The highest BCUT2D eigenvalue weighted by atomic mass is 32.2. The molecular formula is C29H40N2O5S. The maximum atomic E-state index is 13.9. The average molecular weight is 529 g/mol. The summed E-state index contributed by atoms with van der Waals surface area (Å²) in [5.41, 5.74) is 3.35. The van der Waals surface area contributed by atoms with Crippen LogP contribution in [0, 0.1) is 11.8 Å². The fourth-order valence-corrected chi connectivity index (χ4v) is 7.29. The number of fused-ring (bicyclic) bond motifs is 1. The summed E-state index contributed by atoms with van der Waals surface area (Å²) in [7, 11) is -2.40. The highest BCUT2D eigenvalue weighted by molar-refractivity contribution is 7.92. The largest absolute Gasteiger partial charge is 0.469 e. The molecule has 0 saturated heterocycles. The van der Waals surface area contributed by atoms with Crippen molar-refractivity contribution in [3.63, 3.8) is 0 Å². The van der Waals surface area contributed by atoms with Gasteiger partial charge in [-0.25, -0.2) is 8.42 Å². The van der Waals surface area contributed by atoms with Crippen LogP contribution in [0.3, 0.4) is 0 Å². The minimum atomic E-state index is -3.84. The molecule has 8 heteroatoms. The number of rotatable bonds is 8. The predicted molar refractivity (Wildman–Crippen MR) is 146 cm³/mol. The Morgan fingerprint density at radius 1 is 1.08 bits per heavy atom.